The SMILES string of the molecule is COCC(C=O)c1ccccc1C. The van der Waals surface area contributed by atoms with Gasteiger partial charge in [-0.25, -0.2) is 0 Å². The fourth-order valence-corrected chi connectivity index (χ4v) is 1.38. The van der Waals surface area contributed by atoms with Gasteiger partial charge in [-0.15, -0.1) is 0 Å². The Kier molecular flexibility index (Phi) is 3.65. The van der Waals surface area contributed by atoms with Gasteiger partial charge in [0.25, 0.3) is 0 Å². The highest BCUT2D eigenvalue weighted by Gasteiger charge is 2.11. The van der Waals surface area contributed by atoms with Crippen LogP contribution in [-0.2, 0) is 9.53 Å². The highest BCUT2D eigenvalue weighted by molar-refractivity contribution is 5.63. The van der Waals surface area contributed by atoms with Gasteiger partial charge in [-0.05, 0) is 18.1 Å². The van der Waals surface area contributed by atoms with Crippen LogP contribution in [0, 0.1) is 6.92 Å². The molecule has 1 aromatic rings. The summed E-state index contributed by atoms with van der Waals surface area (Å²) in [7, 11) is 1.61. The van der Waals surface area contributed by atoms with Crippen LogP contribution < -0.4 is 0 Å². The van der Waals surface area contributed by atoms with Crippen LogP contribution >= 0.6 is 0 Å². The van der Waals surface area contributed by atoms with Gasteiger partial charge in [0.05, 0.1) is 12.5 Å². The summed E-state index contributed by atoms with van der Waals surface area (Å²) in [4.78, 5) is 10.8. The van der Waals surface area contributed by atoms with E-state index in [0.29, 0.717) is 6.61 Å². The Morgan fingerprint density at radius 2 is 2.15 bits per heavy atom. The minimum Gasteiger partial charge on any atom is -0.384 e. The van der Waals surface area contributed by atoms with Crippen LogP contribution in [0.4, 0.5) is 0 Å². The molecule has 0 amide bonds. The van der Waals surface area contributed by atoms with Crippen molar-refractivity contribution >= 4 is 6.29 Å². The molecule has 0 aromatic heterocycles. The minimum absolute atomic E-state index is 0.133. The van der Waals surface area contributed by atoms with Crippen LogP contribution in [0.25, 0.3) is 0 Å². The van der Waals surface area contributed by atoms with E-state index in [1.54, 1.807) is 7.11 Å². The molecule has 0 aliphatic carbocycles. The van der Waals surface area contributed by atoms with Crippen molar-refractivity contribution in [3.05, 3.63) is 35.4 Å². The Morgan fingerprint density at radius 3 is 2.69 bits per heavy atom. The first-order chi connectivity index (χ1) is 6.29. The second kappa shape index (κ2) is 4.77. The standard InChI is InChI=1S/C11H14O2/c1-9-5-3-4-6-11(9)10(7-12)8-13-2/h3-7,10H,8H2,1-2H3. The van der Waals surface area contributed by atoms with Gasteiger partial charge >= 0.3 is 0 Å². The number of rotatable bonds is 4. The lowest BCUT2D eigenvalue weighted by Gasteiger charge is -2.11. The third-order valence-corrected chi connectivity index (χ3v) is 2.10. The summed E-state index contributed by atoms with van der Waals surface area (Å²) in [5.41, 5.74) is 2.19. The van der Waals surface area contributed by atoms with Gasteiger partial charge in [0.1, 0.15) is 6.29 Å². The van der Waals surface area contributed by atoms with Crippen LogP contribution in [0.15, 0.2) is 24.3 Å². The number of aldehydes is 1. The van der Waals surface area contributed by atoms with E-state index in [9.17, 15) is 4.79 Å². The second-order valence-corrected chi connectivity index (χ2v) is 3.05. The summed E-state index contributed by atoms with van der Waals surface area (Å²) in [6.45, 7) is 2.45. The molecule has 1 atom stereocenters. The topological polar surface area (TPSA) is 26.3 Å². The fraction of sp³-hybridized carbons (Fsp3) is 0.364. The van der Waals surface area contributed by atoms with Gasteiger partial charge in [0, 0.05) is 7.11 Å². The van der Waals surface area contributed by atoms with Gasteiger partial charge in [-0.1, -0.05) is 24.3 Å². The molecule has 0 saturated carbocycles. The first kappa shape index (κ1) is 9.93. The van der Waals surface area contributed by atoms with E-state index in [1.165, 1.54) is 0 Å². The number of ether oxygens (including phenoxy) is 1. The summed E-state index contributed by atoms with van der Waals surface area (Å²) < 4.78 is 4.97. The van der Waals surface area contributed by atoms with Gasteiger partial charge in [-0.3, -0.25) is 0 Å². The number of carbonyl (C=O) groups is 1. The summed E-state index contributed by atoms with van der Waals surface area (Å²) in [6.07, 6.45) is 0.936. The van der Waals surface area contributed by atoms with E-state index in [0.717, 1.165) is 17.4 Å². The van der Waals surface area contributed by atoms with Gasteiger partial charge in [-0.2, -0.15) is 0 Å². The molecule has 0 radical (unpaired) electrons. The Balaban J connectivity index is 2.90. The molecule has 70 valence electrons. The van der Waals surface area contributed by atoms with E-state index < -0.39 is 0 Å². The van der Waals surface area contributed by atoms with Gasteiger partial charge in [0.2, 0.25) is 0 Å². The lowest BCUT2D eigenvalue weighted by molar-refractivity contribution is -0.110. The number of hydrogen-bond acceptors (Lipinski definition) is 2. The molecule has 1 unspecified atom stereocenters. The number of hydrogen-bond donors (Lipinski definition) is 0. The number of aryl methyl sites for hydroxylation is 1. The third kappa shape index (κ3) is 2.39. The van der Waals surface area contributed by atoms with E-state index >= 15 is 0 Å². The molecule has 1 aromatic carbocycles. The molecule has 0 fully saturated rings. The van der Waals surface area contributed by atoms with E-state index in [2.05, 4.69) is 0 Å². The van der Waals surface area contributed by atoms with E-state index in [-0.39, 0.29) is 5.92 Å². The van der Waals surface area contributed by atoms with Crippen molar-refractivity contribution in [2.24, 2.45) is 0 Å². The van der Waals surface area contributed by atoms with Crippen molar-refractivity contribution in [1.82, 2.24) is 0 Å². The molecule has 0 saturated heterocycles. The van der Waals surface area contributed by atoms with Gasteiger partial charge < -0.3 is 9.53 Å². The normalized spacial score (nSPS) is 12.5. The highest BCUT2D eigenvalue weighted by Crippen LogP contribution is 2.17. The van der Waals surface area contributed by atoms with Gasteiger partial charge in [0.15, 0.2) is 0 Å². The van der Waals surface area contributed by atoms with Crippen molar-refractivity contribution in [1.29, 1.82) is 0 Å². The average Bonchev–Trinajstić information content (AvgIpc) is 2.16. The third-order valence-electron chi connectivity index (χ3n) is 2.10. The van der Waals surface area contributed by atoms with Crippen molar-refractivity contribution in [2.75, 3.05) is 13.7 Å². The molecule has 13 heavy (non-hydrogen) atoms. The smallest absolute Gasteiger partial charge is 0.129 e. The summed E-state index contributed by atoms with van der Waals surface area (Å²) in [5.74, 6) is -0.133. The number of methoxy groups -OCH3 is 1. The first-order valence-electron chi connectivity index (χ1n) is 4.29. The van der Waals surface area contributed by atoms with Crippen LogP contribution in [-0.4, -0.2) is 20.0 Å². The van der Waals surface area contributed by atoms with Crippen LogP contribution in [0.1, 0.15) is 17.0 Å². The summed E-state index contributed by atoms with van der Waals surface area (Å²) in [6, 6.07) is 7.87. The first-order valence-corrected chi connectivity index (χ1v) is 4.29. The van der Waals surface area contributed by atoms with Crippen molar-refractivity contribution in [2.45, 2.75) is 12.8 Å². The quantitative estimate of drug-likeness (QED) is 0.658. The molecular weight excluding hydrogens is 164 g/mol. The van der Waals surface area contributed by atoms with E-state index in [4.69, 9.17) is 4.74 Å². The Morgan fingerprint density at radius 1 is 1.46 bits per heavy atom. The van der Waals surface area contributed by atoms with Crippen molar-refractivity contribution in [3.63, 3.8) is 0 Å². The lowest BCUT2D eigenvalue weighted by atomic mass is 9.97. The summed E-state index contributed by atoms with van der Waals surface area (Å²) >= 11 is 0. The molecule has 0 spiro atoms. The molecule has 2 heteroatoms. The lowest BCUT2D eigenvalue weighted by Crippen LogP contribution is -2.08. The molecule has 2 nitrogen and oxygen atoms in total. The Hall–Kier alpha value is -1.15. The second-order valence-electron chi connectivity index (χ2n) is 3.05. The molecule has 0 N–H and O–H groups in total. The molecule has 1 rings (SSSR count). The zero-order valence-corrected chi connectivity index (χ0v) is 7.99. The minimum atomic E-state index is -0.133. The maximum atomic E-state index is 10.8. The maximum absolute atomic E-state index is 10.8. The molecule has 0 aliphatic rings. The fourth-order valence-electron chi connectivity index (χ4n) is 1.38. The predicted molar refractivity (Wildman–Crippen MR) is 51.9 cm³/mol. The van der Waals surface area contributed by atoms with Crippen LogP contribution in [0.3, 0.4) is 0 Å². The Labute approximate surface area is 78.5 Å². The zero-order valence-electron chi connectivity index (χ0n) is 7.99. The monoisotopic (exact) mass is 178 g/mol. The largest absolute Gasteiger partial charge is 0.384 e. The zero-order chi connectivity index (χ0) is 9.68. The summed E-state index contributed by atoms with van der Waals surface area (Å²) in [5, 5.41) is 0. The predicted octanol–water partition coefficient (Wildman–Crippen LogP) is 1.92. The van der Waals surface area contributed by atoms with Crippen molar-refractivity contribution in [3.8, 4) is 0 Å². The maximum Gasteiger partial charge on any atom is 0.129 e. The van der Waals surface area contributed by atoms with E-state index in [1.807, 2.05) is 31.2 Å². The van der Waals surface area contributed by atoms with Crippen LogP contribution in [0.5, 0.6) is 0 Å². The molecule has 0 aliphatic heterocycles. The average molecular weight is 178 g/mol. The molecule has 0 bridgehead atoms. The molecule has 0 heterocycles. The number of carbonyl (C=O) groups excluding carboxylic acids is 1. The highest BCUT2D eigenvalue weighted by atomic mass is 16.5. The van der Waals surface area contributed by atoms with Crippen molar-refractivity contribution < 1.29 is 9.53 Å². The molecular formula is C11H14O2. The Bertz CT molecular complexity index is 281. The number of benzene rings is 1. The van der Waals surface area contributed by atoms with Crippen LogP contribution in [0.2, 0.25) is 0 Å².